The van der Waals surface area contributed by atoms with Crippen molar-refractivity contribution >= 4 is 65.7 Å². The van der Waals surface area contributed by atoms with E-state index in [1.807, 2.05) is 78.9 Å². The van der Waals surface area contributed by atoms with E-state index < -0.39 is 0 Å². The predicted molar refractivity (Wildman–Crippen MR) is 205 cm³/mol. The third-order valence-electron chi connectivity index (χ3n) is 9.87. The zero-order valence-corrected chi connectivity index (χ0v) is 27.1. The Hall–Kier alpha value is -7.05. The van der Waals surface area contributed by atoms with Gasteiger partial charge >= 0.3 is 0 Å². The lowest BCUT2D eigenvalue weighted by atomic mass is 10.0. The maximum Gasteiger partial charge on any atom is 0.167 e. The molecule has 6 heteroatoms. The summed E-state index contributed by atoms with van der Waals surface area (Å²) in [5, 5.41) is 6.43. The van der Waals surface area contributed by atoms with Crippen molar-refractivity contribution in [2.75, 3.05) is 0 Å². The Morgan fingerprint density at radius 3 is 1.69 bits per heavy atom. The third-order valence-corrected chi connectivity index (χ3v) is 9.87. The molecule has 0 saturated heterocycles. The first-order valence-corrected chi connectivity index (χ1v) is 17.0. The lowest BCUT2D eigenvalue weighted by Crippen LogP contribution is -2.04. The average Bonchev–Trinajstić information content (AvgIpc) is 3.87. The minimum atomic E-state index is 0.536. The quantitative estimate of drug-likeness (QED) is 0.189. The number of fused-ring (bicyclic) bond motifs is 9. The fraction of sp³-hybridized carbons (Fsp3) is 0. The van der Waals surface area contributed by atoms with Gasteiger partial charge in [-0.05, 0) is 42.5 Å². The third kappa shape index (κ3) is 4.14. The van der Waals surface area contributed by atoms with Crippen LogP contribution in [0.5, 0.6) is 0 Å². The standard InChI is InChI=1S/C45H26N4O2/c1-2-13-27(14-3-1)43-46-44(48-45(47-43)34-20-12-19-31-30-17-6-10-23-37(30)51-42(31)34)33-25-26-39-40(32-18-7-11-24-38(32)50-39)41(33)49-35-21-8-4-15-28(35)29-16-5-9-22-36(29)49/h1-26H. The van der Waals surface area contributed by atoms with Crippen LogP contribution in [-0.2, 0) is 0 Å². The second-order valence-electron chi connectivity index (χ2n) is 12.8. The largest absolute Gasteiger partial charge is 0.456 e. The molecule has 0 aliphatic heterocycles. The molecule has 0 bridgehead atoms. The molecule has 11 rings (SSSR count). The van der Waals surface area contributed by atoms with Crippen LogP contribution < -0.4 is 0 Å². The highest BCUT2D eigenvalue weighted by atomic mass is 16.3. The minimum Gasteiger partial charge on any atom is -0.456 e. The van der Waals surface area contributed by atoms with Gasteiger partial charge in [-0.1, -0.05) is 115 Å². The summed E-state index contributed by atoms with van der Waals surface area (Å²) in [7, 11) is 0. The van der Waals surface area contributed by atoms with E-state index in [2.05, 4.69) is 83.4 Å². The summed E-state index contributed by atoms with van der Waals surface area (Å²) in [4.78, 5) is 15.6. The Morgan fingerprint density at radius 2 is 0.941 bits per heavy atom. The molecule has 0 atom stereocenters. The Morgan fingerprint density at radius 1 is 0.373 bits per heavy atom. The van der Waals surface area contributed by atoms with Crippen LogP contribution in [0.3, 0.4) is 0 Å². The monoisotopic (exact) mass is 654 g/mol. The maximum absolute atomic E-state index is 6.49. The van der Waals surface area contributed by atoms with Gasteiger partial charge in [-0.25, -0.2) is 15.0 Å². The summed E-state index contributed by atoms with van der Waals surface area (Å²) >= 11 is 0. The van der Waals surface area contributed by atoms with Crippen LogP contribution in [0.2, 0.25) is 0 Å². The molecule has 0 fully saturated rings. The predicted octanol–water partition coefficient (Wildman–Crippen LogP) is 11.8. The first-order valence-electron chi connectivity index (χ1n) is 17.0. The van der Waals surface area contributed by atoms with Crippen molar-refractivity contribution in [1.82, 2.24) is 19.5 Å². The highest BCUT2D eigenvalue weighted by molar-refractivity contribution is 6.16. The van der Waals surface area contributed by atoms with E-state index in [1.165, 1.54) is 10.8 Å². The van der Waals surface area contributed by atoms with Crippen molar-refractivity contribution in [3.63, 3.8) is 0 Å². The summed E-state index contributed by atoms with van der Waals surface area (Å²) in [5.41, 5.74) is 8.86. The number of hydrogen-bond acceptors (Lipinski definition) is 5. The van der Waals surface area contributed by atoms with Gasteiger partial charge in [0.15, 0.2) is 17.5 Å². The number of benzene rings is 7. The molecule has 0 spiro atoms. The van der Waals surface area contributed by atoms with E-state index in [1.54, 1.807) is 0 Å². The number of furan rings is 2. The van der Waals surface area contributed by atoms with Crippen molar-refractivity contribution in [2.24, 2.45) is 0 Å². The molecule has 0 saturated carbocycles. The fourth-order valence-corrected chi connectivity index (χ4v) is 7.63. The summed E-state index contributed by atoms with van der Waals surface area (Å²) in [6.07, 6.45) is 0. The number of rotatable bonds is 4. The Bertz CT molecular complexity index is 3100. The van der Waals surface area contributed by atoms with Gasteiger partial charge in [-0.2, -0.15) is 0 Å². The van der Waals surface area contributed by atoms with Gasteiger partial charge < -0.3 is 13.4 Å². The van der Waals surface area contributed by atoms with Gasteiger partial charge in [0, 0.05) is 38.1 Å². The molecule has 6 nitrogen and oxygen atoms in total. The van der Waals surface area contributed by atoms with Crippen LogP contribution >= 0.6 is 0 Å². The van der Waals surface area contributed by atoms with E-state index in [0.717, 1.165) is 77.3 Å². The molecule has 0 amide bonds. The molecule has 0 unspecified atom stereocenters. The first kappa shape index (κ1) is 27.9. The van der Waals surface area contributed by atoms with Crippen LogP contribution in [0, 0.1) is 0 Å². The average molecular weight is 655 g/mol. The van der Waals surface area contributed by atoms with E-state index in [4.69, 9.17) is 23.8 Å². The van der Waals surface area contributed by atoms with E-state index in [9.17, 15) is 0 Å². The topological polar surface area (TPSA) is 69.9 Å². The van der Waals surface area contributed by atoms with E-state index >= 15 is 0 Å². The molecule has 11 aromatic rings. The van der Waals surface area contributed by atoms with Gasteiger partial charge in [0.25, 0.3) is 0 Å². The summed E-state index contributed by atoms with van der Waals surface area (Å²) < 4.78 is 15.3. The second-order valence-corrected chi connectivity index (χ2v) is 12.8. The highest BCUT2D eigenvalue weighted by Gasteiger charge is 2.24. The fourth-order valence-electron chi connectivity index (χ4n) is 7.63. The van der Waals surface area contributed by atoms with Crippen molar-refractivity contribution in [3.05, 3.63) is 158 Å². The molecule has 0 aliphatic rings. The number of nitrogens with zero attached hydrogens (tertiary/aromatic N) is 4. The van der Waals surface area contributed by atoms with Gasteiger partial charge in [0.1, 0.15) is 22.3 Å². The summed E-state index contributed by atoms with van der Waals surface area (Å²) in [5.74, 6) is 1.67. The maximum atomic E-state index is 6.49. The molecule has 7 aromatic carbocycles. The molecule has 0 N–H and O–H groups in total. The zero-order valence-electron chi connectivity index (χ0n) is 27.1. The lowest BCUT2D eigenvalue weighted by molar-refractivity contribution is 0.669. The van der Waals surface area contributed by atoms with Crippen LogP contribution in [0.1, 0.15) is 0 Å². The van der Waals surface area contributed by atoms with Crippen molar-refractivity contribution in [1.29, 1.82) is 0 Å². The molecule has 4 aromatic heterocycles. The molecular weight excluding hydrogens is 629 g/mol. The van der Waals surface area contributed by atoms with Crippen molar-refractivity contribution in [2.45, 2.75) is 0 Å². The Balaban J connectivity index is 1.28. The molecular formula is C45H26N4O2. The smallest absolute Gasteiger partial charge is 0.167 e. The second kappa shape index (κ2) is 10.7. The summed E-state index contributed by atoms with van der Waals surface area (Å²) in [6, 6.07) is 53.8. The van der Waals surface area contributed by atoms with Crippen LogP contribution in [0.15, 0.2) is 167 Å². The molecule has 0 aliphatic carbocycles. The van der Waals surface area contributed by atoms with Crippen molar-refractivity contribution < 1.29 is 8.83 Å². The van der Waals surface area contributed by atoms with Gasteiger partial charge in [-0.15, -0.1) is 0 Å². The summed E-state index contributed by atoms with van der Waals surface area (Å²) in [6.45, 7) is 0. The number of para-hydroxylation sites is 5. The van der Waals surface area contributed by atoms with Crippen molar-refractivity contribution in [3.8, 4) is 39.9 Å². The van der Waals surface area contributed by atoms with Crippen LogP contribution in [0.25, 0.3) is 106 Å². The Labute approximate surface area is 290 Å². The van der Waals surface area contributed by atoms with E-state index in [-0.39, 0.29) is 0 Å². The molecule has 238 valence electrons. The minimum absolute atomic E-state index is 0.536. The molecule has 0 radical (unpaired) electrons. The van der Waals surface area contributed by atoms with Gasteiger partial charge in [-0.3, -0.25) is 0 Å². The van der Waals surface area contributed by atoms with Gasteiger partial charge in [0.2, 0.25) is 0 Å². The molecule has 4 heterocycles. The molecule has 51 heavy (non-hydrogen) atoms. The van der Waals surface area contributed by atoms with E-state index in [0.29, 0.717) is 17.5 Å². The highest BCUT2D eigenvalue weighted by Crippen LogP contribution is 2.43. The zero-order chi connectivity index (χ0) is 33.5. The normalized spacial score (nSPS) is 11.9. The lowest BCUT2D eigenvalue weighted by Gasteiger charge is -2.16. The van der Waals surface area contributed by atoms with Crippen LogP contribution in [-0.4, -0.2) is 19.5 Å². The first-order chi connectivity index (χ1) is 25.3. The SMILES string of the molecule is c1ccc(-c2nc(-c3ccc4oc5ccccc5c4c3-n3c4ccccc4c4ccccc43)nc(-c3cccc4c3oc3ccccc34)n2)cc1. The van der Waals surface area contributed by atoms with Gasteiger partial charge in [0.05, 0.1) is 27.7 Å². The Kier molecular flexibility index (Phi) is 5.86. The van der Waals surface area contributed by atoms with Crippen LogP contribution in [0.4, 0.5) is 0 Å². The number of hydrogen-bond donors (Lipinski definition) is 0. The number of aromatic nitrogens is 4.